The number of hydrogen-bond acceptors (Lipinski definition) is 5. The van der Waals surface area contributed by atoms with Crippen LogP contribution in [-0.4, -0.2) is 15.9 Å². The molecule has 2 heterocycles. The number of H-pyrrole nitrogens is 1. The van der Waals surface area contributed by atoms with Crippen molar-refractivity contribution in [2.24, 2.45) is 0 Å². The van der Waals surface area contributed by atoms with E-state index in [1.807, 2.05) is 29.6 Å². The summed E-state index contributed by atoms with van der Waals surface area (Å²) >= 11 is 5.63. The molecule has 1 aromatic carbocycles. The Morgan fingerprint density at radius 2 is 2.05 bits per heavy atom. The molecule has 112 valence electrons. The topological polar surface area (TPSA) is 74.8 Å². The first-order valence-electron chi connectivity index (χ1n) is 6.25. The van der Waals surface area contributed by atoms with Crippen LogP contribution < -0.4 is 10.2 Å². The molecule has 0 spiro atoms. The predicted octanol–water partition coefficient (Wildman–Crippen LogP) is 3.88. The molecule has 0 aliphatic carbocycles. The highest BCUT2D eigenvalue weighted by atomic mass is 79.9. The van der Waals surface area contributed by atoms with E-state index in [9.17, 15) is 9.59 Å². The largest absolute Gasteiger partial charge is 0.316 e. The standard InChI is InChI=1S/C14H10BrN3O2S2/c1-7-11(22-14(20)16-7)12(19)18-13-17-10(6-21-13)8-2-4-9(15)5-3-8/h2-6H,1H3,(H,16,20)(H,17,18,19). The maximum Gasteiger partial charge on any atom is 0.305 e. The molecule has 5 nitrogen and oxygen atoms in total. The van der Waals surface area contributed by atoms with Crippen molar-refractivity contribution in [1.82, 2.24) is 9.97 Å². The summed E-state index contributed by atoms with van der Waals surface area (Å²) in [7, 11) is 0. The minimum Gasteiger partial charge on any atom is -0.316 e. The van der Waals surface area contributed by atoms with Crippen molar-refractivity contribution in [1.29, 1.82) is 0 Å². The molecule has 0 aliphatic rings. The second-order valence-electron chi connectivity index (χ2n) is 4.47. The molecule has 0 unspecified atom stereocenters. The maximum atomic E-state index is 12.1. The Bertz CT molecular complexity index is 880. The zero-order valence-electron chi connectivity index (χ0n) is 11.3. The van der Waals surface area contributed by atoms with Crippen LogP contribution in [0.1, 0.15) is 15.4 Å². The molecule has 0 fully saturated rings. The number of thiazole rings is 2. The number of amides is 1. The van der Waals surface area contributed by atoms with Gasteiger partial charge in [-0.15, -0.1) is 11.3 Å². The zero-order valence-corrected chi connectivity index (χ0v) is 14.6. The van der Waals surface area contributed by atoms with Crippen LogP contribution in [0.4, 0.5) is 5.13 Å². The first-order valence-corrected chi connectivity index (χ1v) is 8.74. The van der Waals surface area contributed by atoms with Crippen LogP contribution >= 0.6 is 38.6 Å². The summed E-state index contributed by atoms with van der Waals surface area (Å²) in [6, 6.07) is 7.78. The Morgan fingerprint density at radius 3 is 2.68 bits per heavy atom. The predicted molar refractivity (Wildman–Crippen MR) is 92.9 cm³/mol. The number of aromatic amines is 1. The fourth-order valence-corrected chi connectivity index (χ4v) is 3.58. The molecular weight excluding hydrogens is 386 g/mol. The summed E-state index contributed by atoms with van der Waals surface area (Å²) in [6.07, 6.45) is 0. The lowest BCUT2D eigenvalue weighted by Crippen LogP contribution is -2.11. The minimum atomic E-state index is -0.322. The van der Waals surface area contributed by atoms with Crippen molar-refractivity contribution in [3.63, 3.8) is 0 Å². The van der Waals surface area contributed by atoms with Gasteiger partial charge in [0.2, 0.25) is 0 Å². The van der Waals surface area contributed by atoms with Gasteiger partial charge in [0, 0.05) is 21.1 Å². The van der Waals surface area contributed by atoms with E-state index in [1.54, 1.807) is 6.92 Å². The van der Waals surface area contributed by atoms with Gasteiger partial charge in [-0.3, -0.25) is 14.9 Å². The molecule has 0 saturated carbocycles. The Morgan fingerprint density at radius 1 is 1.32 bits per heavy atom. The summed E-state index contributed by atoms with van der Waals surface area (Å²) in [5.74, 6) is -0.322. The normalized spacial score (nSPS) is 10.6. The summed E-state index contributed by atoms with van der Waals surface area (Å²) in [6.45, 7) is 1.70. The van der Waals surface area contributed by atoms with E-state index in [4.69, 9.17) is 0 Å². The molecule has 3 aromatic rings. The number of halogens is 1. The van der Waals surface area contributed by atoms with Crippen molar-refractivity contribution in [3.8, 4) is 11.3 Å². The highest BCUT2D eigenvalue weighted by Gasteiger charge is 2.15. The van der Waals surface area contributed by atoms with E-state index >= 15 is 0 Å². The molecule has 2 N–H and O–H groups in total. The van der Waals surface area contributed by atoms with E-state index < -0.39 is 0 Å². The molecule has 0 saturated heterocycles. The molecule has 0 atom stereocenters. The molecule has 0 bridgehead atoms. The van der Waals surface area contributed by atoms with Gasteiger partial charge in [0.15, 0.2) is 5.13 Å². The highest BCUT2D eigenvalue weighted by Crippen LogP contribution is 2.26. The Labute approximate surface area is 142 Å². The summed E-state index contributed by atoms with van der Waals surface area (Å²) < 4.78 is 0.998. The van der Waals surface area contributed by atoms with E-state index in [2.05, 4.69) is 31.2 Å². The summed E-state index contributed by atoms with van der Waals surface area (Å²) in [4.78, 5) is 30.5. The molecule has 8 heteroatoms. The smallest absolute Gasteiger partial charge is 0.305 e. The number of aryl methyl sites for hydroxylation is 1. The lowest BCUT2D eigenvalue weighted by molar-refractivity contribution is 0.103. The molecule has 0 radical (unpaired) electrons. The van der Waals surface area contributed by atoms with E-state index in [0.29, 0.717) is 15.7 Å². The number of carbonyl (C=O) groups excluding carboxylic acids is 1. The third-order valence-corrected chi connectivity index (χ3v) is 5.17. The number of hydrogen-bond donors (Lipinski definition) is 2. The van der Waals surface area contributed by atoms with Crippen LogP contribution in [0.2, 0.25) is 0 Å². The van der Waals surface area contributed by atoms with Crippen LogP contribution in [0.25, 0.3) is 11.3 Å². The van der Waals surface area contributed by atoms with Crippen LogP contribution in [-0.2, 0) is 0 Å². The lowest BCUT2D eigenvalue weighted by atomic mass is 10.2. The number of nitrogens with zero attached hydrogens (tertiary/aromatic N) is 1. The fourth-order valence-electron chi connectivity index (χ4n) is 1.86. The van der Waals surface area contributed by atoms with E-state index in [0.717, 1.165) is 27.1 Å². The van der Waals surface area contributed by atoms with Gasteiger partial charge in [-0.1, -0.05) is 39.4 Å². The zero-order chi connectivity index (χ0) is 15.7. The van der Waals surface area contributed by atoms with Crippen molar-refractivity contribution in [3.05, 3.63) is 54.4 Å². The molecule has 3 rings (SSSR count). The summed E-state index contributed by atoms with van der Waals surface area (Å²) in [5, 5.41) is 5.11. The SMILES string of the molecule is Cc1[nH]c(=O)sc1C(=O)Nc1nc(-c2ccc(Br)cc2)cs1. The molecule has 2 aromatic heterocycles. The van der Waals surface area contributed by atoms with Crippen molar-refractivity contribution in [2.75, 3.05) is 5.32 Å². The van der Waals surface area contributed by atoms with E-state index in [1.165, 1.54) is 11.3 Å². The Kier molecular flexibility index (Phi) is 4.23. The first-order chi connectivity index (χ1) is 10.5. The third kappa shape index (κ3) is 3.18. The minimum absolute atomic E-state index is 0.239. The number of rotatable bonds is 3. The molecular formula is C14H10BrN3O2S2. The van der Waals surface area contributed by atoms with Crippen molar-refractivity contribution >= 4 is 49.6 Å². The van der Waals surface area contributed by atoms with Gasteiger partial charge < -0.3 is 4.98 Å². The average molecular weight is 396 g/mol. The van der Waals surface area contributed by atoms with E-state index in [-0.39, 0.29) is 10.8 Å². The highest BCUT2D eigenvalue weighted by molar-refractivity contribution is 9.10. The van der Waals surface area contributed by atoms with Crippen LogP contribution in [0, 0.1) is 6.92 Å². The monoisotopic (exact) mass is 395 g/mol. The second kappa shape index (κ2) is 6.15. The molecule has 1 amide bonds. The van der Waals surface area contributed by atoms with Crippen LogP contribution in [0.5, 0.6) is 0 Å². The average Bonchev–Trinajstić information content (AvgIpc) is 3.06. The van der Waals surface area contributed by atoms with Crippen LogP contribution in [0.3, 0.4) is 0 Å². The van der Waals surface area contributed by atoms with Gasteiger partial charge in [0.05, 0.1) is 5.69 Å². The van der Waals surface area contributed by atoms with Gasteiger partial charge in [-0.2, -0.15) is 0 Å². The molecule has 0 aliphatic heterocycles. The first kappa shape index (κ1) is 15.1. The van der Waals surface area contributed by atoms with Gasteiger partial charge in [0.25, 0.3) is 5.91 Å². The van der Waals surface area contributed by atoms with Gasteiger partial charge in [-0.25, -0.2) is 4.98 Å². The maximum absolute atomic E-state index is 12.1. The second-order valence-corrected chi connectivity index (χ2v) is 7.22. The number of anilines is 1. The van der Waals surface area contributed by atoms with Crippen molar-refractivity contribution < 1.29 is 4.79 Å². The van der Waals surface area contributed by atoms with Gasteiger partial charge >= 0.3 is 4.87 Å². The number of nitrogens with one attached hydrogen (secondary N) is 2. The quantitative estimate of drug-likeness (QED) is 0.706. The Hall–Kier alpha value is -1.77. The number of aromatic nitrogens is 2. The summed E-state index contributed by atoms with van der Waals surface area (Å²) in [5.41, 5.74) is 2.34. The number of benzene rings is 1. The fraction of sp³-hybridized carbons (Fsp3) is 0.0714. The Balaban J connectivity index is 1.79. The third-order valence-electron chi connectivity index (χ3n) is 2.90. The van der Waals surface area contributed by atoms with Crippen molar-refractivity contribution in [2.45, 2.75) is 6.92 Å². The molecule has 22 heavy (non-hydrogen) atoms. The lowest BCUT2D eigenvalue weighted by Gasteiger charge is -1.99. The van der Waals surface area contributed by atoms with Crippen LogP contribution in [0.15, 0.2) is 38.9 Å². The van der Waals surface area contributed by atoms with Gasteiger partial charge in [-0.05, 0) is 19.1 Å². The number of carbonyl (C=O) groups is 1. The van der Waals surface area contributed by atoms with Gasteiger partial charge in [0.1, 0.15) is 4.88 Å².